The Kier molecular flexibility index (Phi) is 11.8. The lowest BCUT2D eigenvalue weighted by Gasteiger charge is -2.29. The number of methoxy groups -OCH3 is 1. The lowest BCUT2D eigenvalue weighted by atomic mass is 9.92. The minimum atomic E-state index is -1.18. The van der Waals surface area contributed by atoms with Gasteiger partial charge < -0.3 is 29.6 Å². The molecule has 47 heavy (non-hydrogen) atoms. The molecule has 2 N–H and O–H groups in total. The molecule has 2 amide bonds. The van der Waals surface area contributed by atoms with Gasteiger partial charge in [0.1, 0.15) is 24.0 Å². The monoisotopic (exact) mass is 648 g/mol. The van der Waals surface area contributed by atoms with Crippen LogP contribution in [0.1, 0.15) is 70.3 Å². The van der Waals surface area contributed by atoms with Gasteiger partial charge in [0.15, 0.2) is 6.10 Å². The van der Waals surface area contributed by atoms with Crippen molar-refractivity contribution in [2.24, 2.45) is 17.3 Å². The number of epoxide rings is 1. The standard InChI is InChI=1S/C37H48N2O8/c1-22(2)18-30-35(42)45-29(24(4)32-33(47-32)26-12-9-8-10-13-26)14-11-15-31(40)39-27(20-25-16-17-28(44-7)23(3)19-25)34(41)38-21-37(5,6)36(43)46-30/h8-13,15-17,19,22,24,27,29-30,32-33H,14,18,20-21H2,1-7H3,(H,38,41)(H,39,40)/b15-11+/t24-,27+,29-,30-,32+,33+/m0/s1. The Balaban J connectivity index is 1.61. The van der Waals surface area contributed by atoms with Crippen molar-refractivity contribution < 1.29 is 38.1 Å². The molecule has 1 fully saturated rings. The topological polar surface area (TPSA) is 133 Å². The summed E-state index contributed by atoms with van der Waals surface area (Å²) in [6.45, 7) is 10.9. The Labute approximate surface area is 277 Å². The third-order valence-electron chi connectivity index (χ3n) is 8.65. The number of nitrogens with one attached hydrogen (secondary N) is 2. The average molecular weight is 649 g/mol. The van der Waals surface area contributed by atoms with E-state index in [0.717, 1.165) is 22.4 Å². The summed E-state index contributed by atoms with van der Waals surface area (Å²) in [5.74, 6) is -1.70. The van der Waals surface area contributed by atoms with Crippen LogP contribution < -0.4 is 15.4 Å². The summed E-state index contributed by atoms with van der Waals surface area (Å²) in [4.78, 5) is 53.7. The van der Waals surface area contributed by atoms with Crippen molar-refractivity contribution in [3.8, 4) is 5.75 Å². The van der Waals surface area contributed by atoms with Gasteiger partial charge >= 0.3 is 11.9 Å². The van der Waals surface area contributed by atoms with Crippen LogP contribution in [0.5, 0.6) is 5.75 Å². The van der Waals surface area contributed by atoms with Crippen LogP contribution in [-0.4, -0.2) is 61.8 Å². The van der Waals surface area contributed by atoms with E-state index in [0.29, 0.717) is 0 Å². The number of ether oxygens (including phenoxy) is 4. The van der Waals surface area contributed by atoms with Crippen molar-refractivity contribution in [3.63, 3.8) is 0 Å². The number of hydrogen-bond donors (Lipinski definition) is 2. The summed E-state index contributed by atoms with van der Waals surface area (Å²) in [5, 5.41) is 5.62. The van der Waals surface area contributed by atoms with Crippen molar-refractivity contribution in [2.45, 2.75) is 91.3 Å². The van der Waals surface area contributed by atoms with Gasteiger partial charge in [-0.1, -0.05) is 69.3 Å². The molecule has 254 valence electrons. The maximum Gasteiger partial charge on any atom is 0.347 e. The van der Waals surface area contributed by atoms with Gasteiger partial charge in [0.05, 0.1) is 18.6 Å². The zero-order valence-corrected chi connectivity index (χ0v) is 28.4. The molecule has 0 spiro atoms. The molecule has 4 rings (SSSR count). The first kappa shape index (κ1) is 35.7. The molecular weight excluding hydrogens is 600 g/mol. The molecule has 2 aromatic rings. The predicted molar refractivity (Wildman–Crippen MR) is 176 cm³/mol. The number of aryl methyl sites for hydroxylation is 1. The van der Waals surface area contributed by atoms with Gasteiger partial charge in [-0.3, -0.25) is 14.4 Å². The number of hydrogen-bond acceptors (Lipinski definition) is 8. The SMILES string of the molecule is COc1ccc(C[C@H]2NC(=O)/C=C/C[C@@H]([C@H](C)[C@H]3O[C@@H]3c3ccccc3)OC(=O)[C@H](CC(C)C)OC(=O)C(C)(C)CNC2=O)cc1C. The Bertz CT molecular complexity index is 1450. The normalized spacial score (nSPS) is 26.8. The fraction of sp³-hybridized carbons (Fsp3) is 0.514. The second-order valence-corrected chi connectivity index (χ2v) is 13.6. The number of carbonyl (C=O) groups excluding carboxylic acids is 4. The third-order valence-corrected chi connectivity index (χ3v) is 8.65. The summed E-state index contributed by atoms with van der Waals surface area (Å²) in [7, 11) is 1.59. The Hall–Kier alpha value is -4.18. The van der Waals surface area contributed by atoms with Crippen molar-refractivity contribution in [1.82, 2.24) is 10.6 Å². The van der Waals surface area contributed by atoms with Gasteiger partial charge in [0.25, 0.3) is 0 Å². The molecule has 0 saturated carbocycles. The zero-order chi connectivity index (χ0) is 34.3. The molecule has 2 aromatic carbocycles. The van der Waals surface area contributed by atoms with Gasteiger partial charge in [-0.15, -0.1) is 0 Å². The number of esters is 2. The van der Waals surface area contributed by atoms with Crippen LogP contribution in [0.15, 0.2) is 60.7 Å². The molecule has 0 unspecified atom stereocenters. The van der Waals surface area contributed by atoms with Gasteiger partial charge in [0, 0.05) is 25.3 Å². The molecule has 0 aromatic heterocycles. The van der Waals surface area contributed by atoms with E-state index in [4.69, 9.17) is 18.9 Å². The summed E-state index contributed by atoms with van der Waals surface area (Å²) >= 11 is 0. The average Bonchev–Trinajstić information content (AvgIpc) is 3.83. The van der Waals surface area contributed by atoms with Crippen molar-refractivity contribution in [1.29, 1.82) is 0 Å². The van der Waals surface area contributed by atoms with Crippen molar-refractivity contribution >= 4 is 23.8 Å². The minimum absolute atomic E-state index is 0.0322. The van der Waals surface area contributed by atoms with E-state index in [1.807, 2.05) is 76.2 Å². The van der Waals surface area contributed by atoms with E-state index in [1.165, 1.54) is 6.08 Å². The van der Waals surface area contributed by atoms with E-state index in [-0.39, 0.29) is 49.9 Å². The van der Waals surface area contributed by atoms with Gasteiger partial charge in [-0.25, -0.2) is 4.79 Å². The number of carbonyl (C=O) groups is 4. The molecule has 6 atom stereocenters. The highest BCUT2D eigenvalue weighted by molar-refractivity contribution is 5.93. The van der Waals surface area contributed by atoms with Crippen molar-refractivity contribution in [2.75, 3.05) is 13.7 Å². The fourth-order valence-corrected chi connectivity index (χ4v) is 5.70. The smallest absolute Gasteiger partial charge is 0.347 e. The van der Waals surface area contributed by atoms with E-state index >= 15 is 0 Å². The van der Waals surface area contributed by atoms with Gasteiger partial charge in [-0.05, 0) is 61.9 Å². The number of rotatable bonds is 8. The quantitative estimate of drug-likeness (QED) is 0.309. The predicted octanol–water partition coefficient (Wildman–Crippen LogP) is 4.78. The largest absolute Gasteiger partial charge is 0.496 e. The van der Waals surface area contributed by atoms with Crippen LogP contribution in [0, 0.1) is 24.2 Å². The van der Waals surface area contributed by atoms with E-state index in [1.54, 1.807) is 27.0 Å². The molecule has 1 saturated heterocycles. The third kappa shape index (κ3) is 9.67. The second-order valence-electron chi connectivity index (χ2n) is 13.6. The highest BCUT2D eigenvalue weighted by Gasteiger charge is 2.48. The lowest BCUT2D eigenvalue weighted by Crippen LogP contribution is -2.51. The van der Waals surface area contributed by atoms with Crippen LogP contribution in [0.25, 0.3) is 0 Å². The Morgan fingerprint density at radius 2 is 1.72 bits per heavy atom. The highest BCUT2D eigenvalue weighted by atomic mass is 16.6. The summed E-state index contributed by atoms with van der Waals surface area (Å²) in [5.41, 5.74) is 1.58. The lowest BCUT2D eigenvalue weighted by molar-refractivity contribution is -0.179. The van der Waals surface area contributed by atoms with Crippen LogP contribution >= 0.6 is 0 Å². The van der Waals surface area contributed by atoms with E-state index in [2.05, 4.69) is 10.6 Å². The molecule has 2 aliphatic heterocycles. The first-order valence-electron chi connectivity index (χ1n) is 16.3. The number of amides is 2. The van der Waals surface area contributed by atoms with Crippen LogP contribution in [0.3, 0.4) is 0 Å². The Morgan fingerprint density at radius 1 is 1.00 bits per heavy atom. The molecule has 2 aliphatic rings. The molecule has 2 heterocycles. The van der Waals surface area contributed by atoms with Crippen LogP contribution in [-0.2, 0) is 39.8 Å². The van der Waals surface area contributed by atoms with Gasteiger partial charge in [-0.2, -0.15) is 0 Å². The molecule has 0 aliphatic carbocycles. The van der Waals surface area contributed by atoms with E-state index < -0.39 is 47.4 Å². The molecule has 10 nitrogen and oxygen atoms in total. The fourth-order valence-electron chi connectivity index (χ4n) is 5.70. The number of benzene rings is 2. The summed E-state index contributed by atoms with van der Waals surface area (Å²) in [6, 6.07) is 14.5. The van der Waals surface area contributed by atoms with Crippen molar-refractivity contribution in [3.05, 3.63) is 77.4 Å². The maximum atomic E-state index is 13.6. The molecule has 0 radical (unpaired) electrons. The Morgan fingerprint density at radius 3 is 2.38 bits per heavy atom. The van der Waals surface area contributed by atoms with E-state index in [9.17, 15) is 19.2 Å². The molecular formula is C37H48N2O8. The highest BCUT2D eigenvalue weighted by Crippen LogP contribution is 2.45. The second kappa shape index (κ2) is 15.6. The molecule has 10 heteroatoms. The van der Waals surface area contributed by atoms with Crippen LogP contribution in [0.4, 0.5) is 0 Å². The summed E-state index contributed by atoms with van der Waals surface area (Å²) < 4.78 is 23.2. The first-order valence-corrected chi connectivity index (χ1v) is 16.3. The minimum Gasteiger partial charge on any atom is -0.496 e. The van der Waals surface area contributed by atoms with Gasteiger partial charge in [0.2, 0.25) is 11.8 Å². The number of cyclic esters (lactones) is 2. The first-order chi connectivity index (χ1) is 22.3. The zero-order valence-electron chi connectivity index (χ0n) is 28.4. The maximum absolute atomic E-state index is 13.6. The molecule has 0 bridgehead atoms. The van der Waals surface area contributed by atoms with Crippen LogP contribution in [0.2, 0.25) is 0 Å². The summed E-state index contributed by atoms with van der Waals surface area (Å²) in [6.07, 6.45) is 1.55.